The molecule has 1 aromatic heterocycles. The molecule has 1 aliphatic rings. The van der Waals surface area contributed by atoms with E-state index in [1.165, 1.54) is 12.8 Å². The van der Waals surface area contributed by atoms with Crippen LogP contribution in [0.4, 0.5) is 5.82 Å². The second kappa shape index (κ2) is 5.46. The molecular weight excluding hydrogens is 252 g/mol. The molecular formula is C15H18N4O. The monoisotopic (exact) mass is 270 g/mol. The van der Waals surface area contributed by atoms with E-state index in [1.807, 2.05) is 24.3 Å². The number of aromatic nitrogens is 1. The van der Waals surface area contributed by atoms with Crippen LogP contribution in [0.3, 0.4) is 0 Å². The molecule has 1 heterocycles. The topological polar surface area (TPSA) is 80.0 Å². The van der Waals surface area contributed by atoms with E-state index in [0.29, 0.717) is 17.4 Å². The van der Waals surface area contributed by atoms with Crippen molar-refractivity contribution in [1.82, 2.24) is 10.3 Å². The number of carbonyl (C=O) groups excluding carboxylic acids is 1. The minimum absolute atomic E-state index is 0.0491. The SMILES string of the molecule is NNc1cc(C(=O)NC2CCCC2)c2ccccc2n1. The minimum atomic E-state index is -0.0491. The molecule has 0 radical (unpaired) electrons. The number of hydrogen-bond donors (Lipinski definition) is 3. The van der Waals surface area contributed by atoms with E-state index >= 15 is 0 Å². The summed E-state index contributed by atoms with van der Waals surface area (Å²) < 4.78 is 0. The van der Waals surface area contributed by atoms with Crippen molar-refractivity contribution in [1.29, 1.82) is 0 Å². The average Bonchev–Trinajstić information content (AvgIpc) is 2.98. The highest BCUT2D eigenvalue weighted by Gasteiger charge is 2.19. The van der Waals surface area contributed by atoms with E-state index in [9.17, 15) is 4.79 Å². The van der Waals surface area contributed by atoms with Gasteiger partial charge in [-0.3, -0.25) is 4.79 Å². The summed E-state index contributed by atoms with van der Waals surface area (Å²) in [6.45, 7) is 0. The first-order valence-electron chi connectivity index (χ1n) is 6.95. The van der Waals surface area contributed by atoms with Crippen LogP contribution < -0.4 is 16.6 Å². The van der Waals surface area contributed by atoms with Crippen LogP contribution in [0.5, 0.6) is 0 Å². The third kappa shape index (κ3) is 2.44. The number of benzene rings is 1. The molecule has 0 bridgehead atoms. The number of nitrogens with one attached hydrogen (secondary N) is 2. The van der Waals surface area contributed by atoms with Gasteiger partial charge in [0.15, 0.2) is 0 Å². The van der Waals surface area contributed by atoms with Crippen LogP contribution >= 0.6 is 0 Å². The van der Waals surface area contributed by atoms with Crippen LogP contribution in [0, 0.1) is 0 Å². The third-order valence-corrected chi connectivity index (χ3v) is 3.80. The molecule has 1 aromatic carbocycles. The summed E-state index contributed by atoms with van der Waals surface area (Å²) in [5.74, 6) is 5.88. The molecule has 20 heavy (non-hydrogen) atoms. The summed E-state index contributed by atoms with van der Waals surface area (Å²) in [5.41, 5.74) is 3.90. The number of anilines is 1. The highest BCUT2D eigenvalue weighted by molar-refractivity contribution is 6.07. The zero-order valence-electron chi connectivity index (χ0n) is 11.2. The van der Waals surface area contributed by atoms with Crippen LogP contribution in [-0.2, 0) is 0 Å². The summed E-state index contributed by atoms with van der Waals surface area (Å²) in [7, 11) is 0. The fourth-order valence-electron chi connectivity index (χ4n) is 2.77. The number of para-hydroxylation sites is 1. The second-order valence-corrected chi connectivity index (χ2v) is 5.17. The van der Waals surface area contributed by atoms with Gasteiger partial charge in [0.05, 0.1) is 11.1 Å². The fraction of sp³-hybridized carbons (Fsp3) is 0.333. The molecule has 0 unspecified atom stereocenters. The van der Waals surface area contributed by atoms with E-state index in [0.717, 1.165) is 23.7 Å². The van der Waals surface area contributed by atoms with E-state index in [2.05, 4.69) is 15.7 Å². The predicted octanol–water partition coefficient (Wildman–Crippen LogP) is 2.19. The van der Waals surface area contributed by atoms with Gasteiger partial charge in [-0.05, 0) is 25.0 Å². The lowest BCUT2D eigenvalue weighted by atomic mass is 10.1. The third-order valence-electron chi connectivity index (χ3n) is 3.80. The lowest BCUT2D eigenvalue weighted by Gasteiger charge is -2.14. The van der Waals surface area contributed by atoms with Crippen LogP contribution in [0.15, 0.2) is 30.3 Å². The molecule has 1 amide bonds. The Balaban J connectivity index is 1.97. The smallest absolute Gasteiger partial charge is 0.252 e. The fourth-order valence-corrected chi connectivity index (χ4v) is 2.77. The quantitative estimate of drug-likeness (QED) is 0.590. The molecule has 4 N–H and O–H groups in total. The van der Waals surface area contributed by atoms with Crippen LogP contribution in [-0.4, -0.2) is 16.9 Å². The molecule has 0 atom stereocenters. The van der Waals surface area contributed by atoms with Gasteiger partial charge in [0, 0.05) is 11.4 Å². The molecule has 0 spiro atoms. The Bertz CT molecular complexity index is 635. The lowest BCUT2D eigenvalue weighted by Crippen LogP contribution is -2.32. The first-order valence-corrected chi connectivity index (χ1v) is 6.95. The summed E-state index contributed by atoms with van der Waals surface area (Å²) in [5, 5.41) is 3.95. The summed E-state index contributed by atoms with van der Waals surface area (Å²) in [6.07, 6.45) is 4.52. The van der Waals surface area contributed by atoms with Gasteiger partial charge >= 0.3 is 0 Å². The molecule has 0 aliphatic heterocycles. The van der Waals surface area contributed by atoms with Gasteiger partial charge in [-0.25, -0.2) is 10.8 Å². The van der Waals surface area contributed by atoms with Gasteiger partial charge in [0.25, 0.3) is 5.91 Å². The van der Waals surface area contributed by atoms with Crippen LogP contribution in [0.25, 0.3) is 10.9 Å². The van der Waals surface area contributed by atoms with Crippen molar-refractivity contribution in [3.05, 3.63) is 35.9 Å². The number of rotatable bonds is 3. The molecule has 1 saturated carbocycles. The number of pyridine rings is 1. The highest BCUT2D eigenvalue weighted by atomic mass is 16.1. The van der Waals surface area contributed by atoms with Crippen molar-refractivity contribution in [3.8, 4) is 0 Å². The number of amides is 1. The van der Waals surface area contributed by atoms with Gasteiger partial charge in [-0.15, -0.1) is 0 Å². The van der Waals surface area contributed by atoms with Crippen molar-refractivity contribution in [2.75, 3.05) is 5.43 Å². The maximum absolute atomic E-state index is 12.5. The first-order chi connectivity index (χ1) is 9.78. The van der Waals surface area contributed by atoms with Crippen LogP contribution in [0.1, 0.15) is 36.0 Å². The lowest BCUT2D eigenvalue weighted by molar-refractivity contribution is 0.0939. The minimum Gasteiger partial charge on any atom is -0.349 e. The van der Waals surface area contributed by atoms with Crippen molar-refractivity contribution in [3.63, 3.8) is 0 Å². The van der Waals surface area contributed by atoms with E-state index in [-0.39, 0.29) is 5.91 Å². The van der Waals surface area contributed by atoms with Gasteiger partial charge in [-0.2, -0.15) is 0 Å². The Labute approximate surface area is 117 Å². The Morgan fingerprint density at radius 3 is 2.75 bits per heavy atom. The summed E-state index contributed by atoms with van der Waals surface area (Å²) >= 11 is 0. The first kappa shape index (κ1) is 12.9. The molecule has 1 fully saturated rings. The summed E-state index contributed by atoms with van der Waals surface area (Å²) in [6, 6.07) is 9.59. The largest absolute Gasteiger partial charge is 0.349 e. The Morgan fingerprint density at radius 2 is 2.00 bits per heavy atom. The Morgan fingerprint density at radius 1 is 1.25 bits per heavy atom. The predicted molar refractivity (Wildman–Crippen MR) is 79.3 cm³/mol. The van der Waals surface area contributed by atoms with Crippen LogP contribution in [0.2, 0.25) is 0 Å². The molecule has 1 aliphatic carbocycles. The zero-order valence-corrected chi connectivity index (χ0v) is 11.2. The van der Waals surface area contributed by atoms with Crippen molar-refractivity contribution in [2.24, 2.45) is 5.84 Å². The number of nitrogens with zero attached hydrogens (tertiary/aromatic N) is 1. The zero-order chi connectivity index (χ0) is 13.9. The van der Waals surface area contributed by atoms with Gasteiger partial charge in [0.1, 0.15) is 5.82 Å². The number of nitrogen functional groups attached to an aromatic ring is 1. The van der Waals surface area contributed by atoms with E-state index in [1.54, 1.807) is 6.07 Å². The van der Waals surface area contributed by atoms with Gasteiger partial charge in [-0.1, -0.05) is 31.0 Å². The number of fused-ring (bicyclic) bond motifs is 1. The summed E-state index contributed by atoms with van der Waals surface area (Å²) in [4.78, 5) is 16.8. The second-order valence-electron chi connectivity index (χ2n) is 5.17. The number of hydrogen-bond acceptors (Lipinski definition) is 4. The molecule has 3 rings (SSSR count). The average molecular weight is 270 g/mol. The highest BCUT2D eigenvalue weighted by Crippen LogP contribution is 2.22. The standard InChI is InChI=1S/C15H18N4O/c16-19-14-9-12(11-7-3-4-8-13(11)18-14)15(20)17-10-5-1-2-6-10/h3-4,7-10H,1-2,5-6,16H2,(H,17,20)(H,18,19). The number of nitrogens with two attached hydrogens (primary N) is 1. The number of carbonyl (C=O) groups is 1. The van der Waals surface area contributed by atoms with E-state index < -0.39 is 0 Å². The maximum Gasteiger partial charge on any atom is 0.252 e. The normalized spacial score (nSPS) is 15.4. The van der Waals surface area contributed by atoms with Crippen molar-refractivity contribution < 1.29 is 4.79 Å². The Kier molecular flexibility index (Phi) is 3.52. The van der Waals surface area contributed by atoms with Crippen molar-refractivity contribution in [2.45, 2.75) is 31.7 Å². The number of hydrazine groups is 1. The van der Waals surface area contributed by atoms with Gasteiger partial charge < -0.3 is 10.7 Å². The molecule has 2 aromatic rings. The molecule has 104 valence electrons. The van der Waals surface area contributed by atoms with E-state index in [4.69, 9.17) is 5.84 Å². The van der Waals surface area contributed by atoms with Gasteiger partial charge in [0.2, 0.25) is 0 Å². The molecule has 5 heteroatoms. The molecule has 5 nitrogen and oxygen atoms in total. The van der Waals surface area contributed by atoms with Crippen molar-refractivity contribution >= 4 is 22.6 Å². The maximum atomic E-state index is 12.5. The Hall–Kier alpha value is -2.14. The molecule has 0 saturated heterocycles.